The second-order valence-corrected chi connectivity index (χ2v) is 6.94. The summed E-state index contributed by atoms with van der Waals surface area (Å²) in [6.07, 6.45) is 0. The smallest absolute Gasteiger partial charge is 0.155 e. The summed E-state index contributed by atoms with van der Waals surface area (Å²) in [7, 11) is -3.23. The predicted molar refractivity (Wildman–Crippen MR) is 66.4 cm³/mol. The third-order valence-electron chi connectivity index (χ3n) is 3.52. The number of benzene rings is 1. The first-order chi connectivity index (χ1) is 7.97. The van der Waals surface area contributed by atoms with Crippen LogP contribution in [0.3, 0.4) is 0 Å². The first-order valence-corrected chi connectivity index (χ1v) is 7.35. The highest BCUT2D eigenvalue weighted by Crippen LogP contribution is 2.53. The monoisotopic (exact) mass is 255 g/mol. The van der Waals surface area contributed by atoms with Gasteiger partial charge in [0.2, 0.25) is 0 Å². The van der Waals surface area contributed by atoms with Crippen LogP contribution in [0.4, 0.5) is 0 Å². The van der Waals surface area contributed by atoms with Crippen molar-refractivity contribution in [3.05, 3.63) is 35.9 Å². The highest BCUT2D eigenvalue weighted by molar-refractivity contribution is 7.92. The van der Waals surface area contributed by atoms with Crippen molar-refractivity contribution in [1.82, 2.24) is 0 Å². The van der Waals surface area contributed by atoms with Gasteiger partial charge in [0.15, 0.2) is 9.84 Å². The van der Waals surface area contributed by atoms with Crippen LogP contribution in [0.5, 0.6) is 0 Å². The van der Waals surface area contributed by atoms with E-state index in [1.807, 2.05) is 30.3 Å². The predicted octanol–water partition coefficient (Wildman–Crippen LogP) is 0.277. The molecule has 0 amide bonds. The molecule has 1 saturated carbocycles. The molecule has 94 valence electrons. The van der Waals surface area contributed by atoms with E-state index in [1.54, 1.807) is 6.92 Å². The molecule has 1 aromatic rings. The molecule has 1 aliphatic carbocycles. The van der Waals surface area contributed by atoms with Gasteiger partial charge in [-0.3, -0.25) is 0 Å². The molecule has 5 heteroatoms. The number of nitrogens with two attached hydrogens (primary N) is 1. The average molecular weight is 255 g/mol. The van der Waals surface area contributed by atoms with Gasteiger partial charge in [0.05, 0.1) is 17.4 Å². The largest absolute Gasteiger partial charge is 0.394 e. The molecule has 1 aromatic carbocycles. The molecule has 3 atom stereocenters. The van der Waals surface area contributed by atoms with Gasteiger partial charge in [-0.15, -0.1) is 0 Å². The van der Waals surface area contributed by atoms with Crippen molar-refractivity contribution < 1.29 is 13.5 Å². The lowest BCUT2D eigenvalue weighted by Gasteiger charge is -2.06. The minimum absolute atomic E-state index is 0.0555. The molecule has 0 radical (unpaired) electrons. The second-order valence-electron chi connectivity index (χ2n) is 4.53. The van der Waals surface area contributed by atoms with Gasteiger partial charge in [-0.1, -0.05) is 37.3 Å². The molecule has 0 aromatic heterocycles. The van der Waals surface area contributed by atoms with Crippen molar-refractivity contribution in [3.8, 4) is 0 Å². The number of rotatable bonds is 4. The fourth-order valence-corrected chi connectivity index (χ4v) is 4.47. The molecule has 0 aliphatic heterocycles. The van der Waals surface area contributed by atoms with Crippen molar-refractivity contribution in [3.63, 3.8) is 0 Å². The van der Waals surface area contributed by atoms with Crippen molar-refractivity contribution in [2.45, 2.75) is 23.6 Å². The summed E-state index contributed by atoms with van der Waals surface area (Å²) in [5.74, 6) is -0.237. The van der Waals surface area contributed by atoms with Crippen molar-refractivity contribution in [2.24, 2.45) is 5.73 Å². The van der Waals surface area contributed by atoms with Gasteiger partial charge in [-0.05, 0) is 5.56 Å². The first-order valence-electron chi connectivity index (χ1n) is 5.63. The van der Waals surface area contributed by atoms with Crippen LogP contribution in [0.2, 0.25) is 0 Å². The summed E-state index contributed by atoms with van der Waals surface area (Å²) in [6, 6.07) is 9.27. The Hall–Kier alpha value is -0.910. The molecule has 0 saturated heterocycles. The number of sulfone groups is 1. The zero-order valence-electron chi connectivity index (χ0n) is 9.70. The molecule has 3 unspecified atom stereocenters. The van der Waals surface area contributed by atoms with E-state index in [0.717, 1.165) is 5.56 Å². The van der Waals surface area contributed by atoms with Crippen molar-refractivity contribution in [1.29, 1.82) is 0 Å². The zero-order valence-corrected chi connectivity index (χ0v) is 10.5. The third-order valence-corrected chi connectivity index (χ3v) is 5.81. The highest BCUT2D eigenvalue weighted by atomic mass is 32.2. The molecule has 0 spiro atoms. The molecular formula is C12H17NO3S. The van der Waals surface area contributed by atoms with Gasteiger partial charge >= 0.3 is 0 Å². The molecule has 2 rings (SSSR count). The molecule has 4 nitrogen and oxygen atoms in total. The Labute approximate surface area is 101 Å². The molecule has 0 bridgehead atoms. The SMILES string of the molecule is CCS(=O)(=O)C1C(c2ccccc2)C1(N)CO. The van der Waals surface area contributed by atoms with Gasteiger partial charge in [-0.25, -0.2) is 8.42 Å². The summed E-state index contributed by atoms with van der Waals surface area (Å²) in [4.78, 5) is 0. The van der Waals surface area contributed by atoms with E-state index in [9.17, 15) is 13.5 Å². The van der Waals surface area contributed by atoms with E-state index in [4.69, 9.17) is 5.73 Å². The fourth-order valence-electron chi connectivity index (χ4n) is 2.48. The van der Waals surface area contributed by atoms with Crippen LogP contribution >= 0.6 is 0 Å². The summed E-state index contributed by atoms with van der Waals surface area (Å²) in [5.41, 5.74) is 5.86. The van der Waals surface area contributed by atoms with Gasteiger partial charge in [-0.2, -0.15) is 0 Å². The molecule has 17 heavy (non-hydrogen) atoms. The van der Waals surface area contributed by atoms with E-state index in [1.165, 1.54) is 0 Å². The Morgan fingerprint density at radius 2 is 1.94 bits per heavy atom. The Kier molecular flexibility index (Phi) is 3.01. The summed E-state index contributed by atoms with van der Waals surface area (Å²) < 4.78 is 23.9. The molecule has 1 fully saturated rings. The maximum atomic E-state index is 11.9. The lowest BCUT2D eigenvalue weighted by atomic mass is 10.1. The van der Waals surface area contributed by atoms with Crippen LogP contribution in [-0.4, -0.2) is 36.7 Å². The van der Waals surface area contributed by atoms with Gasteiger partial charge in [0.25, 0.3) is 0 Å². The van der Waals surface area contributed by atoms with E-state index in [-0.39, 0.29) is 18.3 Å². The number of hydrogen-bond acceptors (Lipinski definition) is 4. The van der Waals surface area contributed by atoms with Crippen LogP contribution in [0.1, 0.15) is 18.4 Å². The Morgan fingerprint density at radius 1 is 1.35 bits per heavy atom. The summed E-state index contributed by atoms with van der Waals surface area (Å²) >= 11 is 0. The van der Waals surface area contributed by atoms with Crippen LogP contribution in [0.15, 0.2) is 30.3 Å². The van der Waals surface area contributed by atoms with Crippen LogP contribution < -0.4 is 5.73 Å². The highest BCUT2D eigenvalue weighted by Gasteiger charge is 2.68. The molecule has 0 heterocycles. The van der Waals surface area contributed by atoms with Gasteiger partial charge in [0.1, 0.15) is 0 Å². The normalized spacial score (nSPS) is 32.4. The van der Waals surface area contributed by atoms with Crippen molar-refractivity contribution in [2.75, 3.05) is 12.4 Å². The van der Waals surface area contributed by atoms with Gasteiger partial charge in [0, 0.05) is 11.7 Å². The molecular weight excluding hydrogens is 238 g/mol. The van der Waals surface area contributed by atoms with Crippen LogP contribution in [-0.2, 0) is 9.84 Å². The van der Waals surface area contributed by atoms with E-state index in [2.05, 4.69) is 0 Å². The Bertz CT molecular complexity index is 500. The number of hydrogen-bond donors (Lipinski definition) is 2. The van der Waals surface area contributed by atoms with E-state index < -0.39 is 20.6 Å². The zero-order chi connectivity index (χ0) is 12.7. The quantitative estimate of drug-likeness (QED) is 0.809. The van der Waals surface area contributed by atoms with Gasteiger partial charge < -0.3 is 10.8 Å². The topological polar surface area (TPSA) is 80.4 Å². The maximum Gasteiger partial charge on any atom is 0.155 e. The Morgan fingerprint density at radius 3 is 2.41 bits per heavy atom. The average Bonchev–Trinajstić information content (AvgIpc) is 2.99. The number of aliphatic hydroxyl groups excluding tert-OH is 1. The molecule has 1 aliphatic rings. The van der Waals surface area contributed by atoms with Crippen LogP contribution in [0.25, 0.3) is 0 Å². The maximum absolute atomic E-state index is 11.9. The molecule has 3 N–H and O–H groups in total. The van der Waals surface area contributed by atoms with Crippen molar-refractivity contribution >= 4 is 9.84 Å². The minimum atomic E-state index is -3.23. The standard InChI is InChI=1S/C12H17NO3S/c1-2-17(15,16)11-10(12(11,13)8-14)9-6-4-3-5-7-9/h3-7,10-11,14H,2,8,13H2,1H3. The third kappa shape index (κ3) is 1.88. The summed E-state index contributed by atoms with van der Waals surface area (Å²) in [6.45, 7) is 1.30. The Balaban J connectivity index is 2.37. The fraction of sp³-hybridized carbons (Fsp3) is 0.500. The van der Waals surface area contributed by atoms with Crippen LogP contribution in [0, 0.1) is 0 Å². The minimum Gasteiger partial charge on any atom is -0.394 e. The van der Waals surface area contributed by atoms with E-state index in [0.29, 0.717) is 0 Å². The summed E-state index contributed by atoms with van der Waals surface area (Å²) in [5, 5.41) is 8.68. The lowest BCUT2D eigenvalue weighted by molar-refractivity contribution is 0.253. The second kappa shape index (κ2) is 4.08. The number of aliphatic hydroxyl groups is 1. The van der Waals surface area contributed by atoms with E-state index >= 15 is 0 Å². The lowest BCUT2D eigenvalue weighted by Crippen LogP contribution is -2.35. The first kappa shape index (κ1) is 12.5.